The van der Waals surface area contributed by atoms with Gasteiger partial charge in [-0.2, -0.15) is 4.68 Å². The Morgan fingerprint density at radius 3 is 2.47 bits per heavy atom. The smallest absolute Gasteiger partial charge is 0.355 e. The number of nitrogens with one attached hydrogen (secondary N) is 4. The Bertz CT molecular complexity index is 2320. The number of rotatable bonds is 11. The van der Waals surface area contributed by atoms with Crippen molar-refractivity contribution in [3.8, 4) is 5.69 Å². The minimum Gasteiger partial charge on any atom is -0.455 e. The van der Waals surface area contributed by atoms with E-state index in [1.54, 1.807) is 87.5 Å². The number of aromatic nitrogens is 5. The van der Waals surface area contributed by atoms with E-state index >= 15 is 0 Å². The molecule has 2 aliphatic rings. The molecule has 0 spiro atoms. The fourth-order valence-corrected chi connectivity index (χ4v) is 6.73. The number of anilines is 3. The van der Waals surface area contributed by atoms with Crippen LogP contribution in [0.1, 0.15) is 36.8 Å². The summed E-state index contributed by atoms with van der Waals surface area (Å²) >= 11 is 6.33. The van der Waals surface area contributed by atoms with Gasteiger partial charge in [-0.25, -0.2) is 9.59 Å². The number of esters is 1. The summed E-state index contributed by atoms with van der Waals surface area (Å²) in [5, 5.41) is 20.7. The Balaban J connectivity index is 1.11. The van der Waals surface area contributed by atoms with Crippen LogP contribution >= 0.6 is 11.6 Å². The monoisotopic (exact) mass is 812 g/mol. The lowest BCUT2D eigenvalue weighted by Crippen LogP contribution is -2.60. The minimum absolute atomic E-state index is 0.00409. The van der Waals surface area contributed by atoms with Gasteiger partial charge in [-0.1, -0.05) is 23.7 Å². The van der Waals surface area contributed by atoms with Crippen LogP contribution in [0.5, 0.6) is 0 Å². The van der Waals surface area contributed by atoms with E-state index in [2.05, 4.69) is 36.5 Å². The molecule has 0 radical (unpaired) electrons. The van der Waals surface area contributed by atoms with E-state index in [9.17, 15) is 24.0 Å². The third kappa shape index (κ3) is 9.42. The predicted molar refractivity (Wildman–Crippen MR) is 212 cm³/mol. The van der Waals surface area contributed by atoms with E-state index in [-0.39, 0.29) is 37.9 Å². The zero-order valence-electron chi connectivity index (χ0n) is 31.9. The molecular formula is C39H41ClN10O8. The number of fused-ring (bicyclic) bond motifs is 1. The number of urea groups is 1. The number of tetrazole rings is 1. The summed E-state index contributed by atoms with van der Waals surface area (Å²) in [4.78, 5) is 73.1. The number of amides is 5. The Labute approximate surface area is 337 Å². The second-order valence-electron chi connectivity index (χ2n) is 14.6. The number of hydrogen-bond donors (Lipinski definition) is 4. The lowest BCUT2D eigenvalue weighted by Gasteiger charge is -2.38. The van der Waals surface area contributed by atoms with Crippen molar-refractivity contribution in [2.45, 2.75) is 44.9 Å². The van der Waals surface area contributed by atoms with Crippen LogP contribution in [0.15, 0.2) is 73.1 Å². The number of nitrogens with zero attached hydrogens (tertiary/aromatic N) is 6. The summed E-state index contributed by atoms with van der Waals surface area (Å²) in [6, 6.07) is 16.7. The highest BCUT2D eigenvalue weighted by Crippen LogP contribution is 2.30. The summed E-state index contributed by atoms with van der Waals surface area (Å²) in [6.45, 7) is 7.01. The molecule has 5 amide bonds. The molecule has 302 valence electrons. The summed E-state index contributed by atoms with van der Waals surface area (Å²) in [5.74, 6) is -2.85. The first-order valence-corrected chi connectivity index (χ1v) is 18.8. The van der Waals surface area contributed by atoms with Crippen molar-refractivity contribution in [1.29, 1.82) is 0 Å². The lowest BCUT2D eigenvalue weighted by molar-refractivity contribution is -0.149. The molecule has 4 heterocycles. The van der Waals surface area contributed by atoms with Crippen molar-refractivity contribution in [2.75, 3.05) is 55.0 Å². The van der Waals surface area contributed by atoms with Crippen LogP contribution in [0.4, 0.5) is 21.9 Å². The molecular weight excluding hydrogens is 772 g/mol. The molecule has 0 saturated carbocycles. The van der Waals surface area contributed by atoms with Crippen LogP contribution in [0, 0.1) is 0 Å². The fraction of sp³-hybridized carbons (Fsp3) is 0.333. The van der Waals surface area contributed by atoms with E-state index in [0.29, 0.717) is 64.1 Å². The summed E-state index contributed by atoms with van der Waals surface area (Å²) in [6.07, 6.45) is 1.14. The van der Waals surface area contributed by atoms with Gasteiger partial charge in [-0.15, -0.1) is 5.10 Å². The predicted octanol–water partition coefficient (Wildman–Crippen LogP) is 3.71. The maximum atomic E-state index is 14.3. The minimum atomic E-state index is -1.14. The Morgan fingerprint density at radius 1 is 0.948 bits per heavy atom. The number of halogens is 1. The van der Waals surface area contributed by atoms with Crippen molar-refractivity contribution in [3.05, 3.63) is 89.3 Å². The van der Waals surface area contributed by atoms with Crippen molar-refractivity contribution >= 4 is 69.3 Å². The molecule has 58 heavy (non-hydrogen) atoms. The molecule has 1 unspecified atom stereocenters. The molecule has 2 atom stereocenters. The number of piperazine rings is 1. The van der Waals surface area contributed by atoms with E-state index < -0.39 is 41.4 Å². The number of H-pyrrole nitrogens is 1. The quantitative estimate of drug-likeness (QED) is 0.111. The van der Waals surface area contributed by atoms with Gasteiger partial charge < -0.3 is 44.9 Å². The second kappa shape index (κ2) is 17.0. The van der Waals surface area contributed by atoms with Crippen LogP contribution in [-0.2, 0) is 35.0 Å². The highest BCUT2D eigenvalue weighted by Gasteiger charge is 2.41. The van der Waals surface area contributed by atoms with Gasteiger partial charge in [-0.3, -0.25) is 14.4 Å². The summed E-state index contributed by atoms with van der Waals surface area (Å²) < 4.78 is 17.8. The van der Waals surface area contributed by atoms with Crippen molar-refractivity contribution in [3.63, 3.8) is 0 Å². The maximum Gasteiger partial charge on any atom is 0.355 e. The molecule has 19 heteroatoms. The van der Waals surface area contributed by atoms with Crippen molar-refractivity contribution in [1.82, 2.24) is 35.4 Å². The molecule has 4 N–H and O–H groups in total. The number of ether oxygens (including phenoxy) is 3. The molecule has 5 aromatic rings. The molecule has 18 nitrogen and oxygen atoms in total. The molecule has 7 rings (SSSR count). The van der Waals surface area contributed by atoms with Gasteiger partial charge in [0.05, 0.1) is 37.3 Å². The number of aromatic amines is 1. The number of benzene rings is 3. The molecule has 0 bridgehead atoms. The first-order chi connectivity index (χ1) is 27.8. The average Bonchev–Trinajstić information content (AvgIpc) is 3.89. The Hall–Kier alpha value is -6.37. The van der Waals surface area contributed by atoms with Crippen LogP contribution in [0.3, 0.4) is 0 Å². The SMILES string of the molecule is CC(C)(C)OC(=O)c1cc2cc(NC(=O)[C@H](Cc3ccc(NC(=O)NCC4COCCO4)cc3)N3CCN(c4cc(Cl)ccc4-n4cnnn4)C(=O)C3=O)ccc2[nH]1. The van der Waals surface area contributed by atoms with Crippen molar-refractivity contribution < 1.29 is 38.2 Å². The van der Waals surface area contributed by atoms with Crippen LogP contribution in [0.25, 0.3) is 16.6 Å². The zero-order chi connectivity index (χ0) is 41.0. The third-order valence-electron chi connectivity index (χ3n) is 9.28. The highest BCUT2D eigenvalue weighted by molar-refractivity contribution is 6.41. The van der Waals surface area contributed by atoms with Gasteiger partial charge in [0.2, 0.25) is 5.91 Å². The van der Waals surface area contributed by atoms with Gasteiger partial charge in [-0.05, 0) is 91.4 Å². The van der Waals surface area contributed by atoms with Gasteiger partial charge in [0.15, 0.2) is 0 Å². The van der Waals surface area contributed by atoms with E-state index in [1.807, 2.05) is 0 Å². The Kier molecular flexibility index (Phi) is 11.7. The maximum absolute atomic E-state index is 14.3. The van der Waals surface area contributed by atoms with E-state index in [0.717, 1.165) is 0 Å². The lowest BCUT2D eigenvalue weighted by atomic mass is 10.0. The molecule has 3 aromatic carbocycles. The van der Waals surface area contributed by atoms with Crippen LogP contribution < -0.4 is 20.9 Å². The van der Waals surface area contributed by atoms with Gasteiger partial charge >= 0.3 is 23.8 Å². The summed E-state index contributed by atoms with van der Waals surface area (Å²) in [7, 11) is 0. The molecule has 2 aromatic heterocycles. The average molecular weight is 813 g/mol. The molecule has 2 aliphatic heterocycles. The fourth-order valence-electron chi connectivity index (χ4n) is 6.56. The number of hydrogen-bond acceptors (Lipinski definition) is 11. The second-order valence-corrected chi connectivity index (χ2v) is 15.1. The van der Waals surface area contributed by atoms with Gasteiger partial charge in [0.1, 0.15) is 23.7 Å². The van der Waals surface area contributed by atoms with Gasteiger partial charge in [0, 0.05) is 53.4 Å². The van der Waals surface area contributed by atoms with E-state index in [1.165, 1.54) is 20.8 Å². The first kappa shape index (κ1) is 39.8. The van der Waals surface area contributed by atoms with Crippen LogP contribution in [-0.4, -0.2) is 117 Å². The Morgan fingerprint density at radius 2 is 1.74 bits per heavy atom. The van der Waals surface area contributed by atoms with Crippen molar-refractivity contribution in [2.24, 2.45) is 0 Å². The largest absolute Gasteiger partial charge is 0.455 e. The zero-order valence-corrected chi connectivity index (χ0v) is 32.6. The van der Waals surface area contributed by atoms with Gasteiger partial charge in [0.25, 0.3) is 0 Å². The summed E-state index contributed by atoms with van der Waals surface area (Å²) in [5.41, 5.74) is 2.49. The third-order valence-corrected chi connectivity index (χ3v) is 9.51. The first-order valence-electron chi connectivity index (χ1n) is 18.5. The highest BCUT2D eigenvalue weighted by atomic mass is 35.5. The number of carbonyl (C=O) groups excluding carboxylic acids is 5. The van der Waals surface area contributed by atoms with E-state index in [4.69, 9.17) is 25.8 Å². The van der Waals surface area contributed by atoms with Crippen LogP contribution in [0.2, 0.25) is 5.02 Å². The number of carbonyl (C=O) groups is 5. The normalized spacial score (nSPS) is 16.6. The molecule has 2 saturated heterocycles. The topological polar surface area (TPSA) is 215 Å². The molecule has 2 fully saturated rings. The molecule has 0 aliphatic carbocycles. The standard InChI is InChI=1S/C39H41ClN10O8/c1-39(2,3)58-37(54)30-18-24-17-27(9-10-29(24)45-30)43-34(51)33(16-23-4-7-26(8-5-23)44-38(55)41-20-28-21-56-14-15-57-28)49-13-12-48(35(52)36(49)53)32-19-25(40)6-11-31(32)50-22-42-46-47-50/h4-11,17-19,22,28,33,45H,12-16,20-21H2,1-3H3,(H,43,51)(H2,41,44,55)/t28?,33-/m0/s1.